The van der Waals surface area contributed by atoms with Gasteiger partial charge in [0.15, 0.2) is 0 Å². The van der Waals surface area contributed by atoms with Crippen LogP contribution in [0.15, 0.2) is 60.7 Å². The highest BCUT2D eigenvalue weighted by Gasteiger charge is 2.38. The van der Waals surface area contributed by atoms with Crippen molar-refractivity contribution in [3.63, 3.8) is 0 Å². The number of alkyl halides is 2. The Bertz CT molecular complexity index is 1450. The molecule has 6 nitrogen and oxygen atoms in total. The molecule has 1 fully saturated rings. The molecule has 254 valence electrons. The Hall–Kier alpha value is -3.63. The quantitative estimate of drug-likeness (QED) is 0.239. The first-order valence-corrected chi connectivity index (χ1v) is 16.7. The van der Waals surface area contributed by atoms with Crippen molar-refractivity contribution < 1.29 is 32.2 Å². The molecule has 1 saturated heterocycles. The normalized spacial score (nSPS) is 20.3. The fourth-order valence-electron chi connectivity index (χ4n) is 6.97. The predicted octanol–water partition coefficient (Wildman–Crippen LogP) is 7.69. The molecule has 0 amide bonds. The molecule has 0 saturated carbocycles. The summed E-state index contributed by atoms with van der Waals surface area (Å²) in [7, 11) is 0. The van der Waals surface area contributed by atoms with Crippen molar-refractivity contribution in [3.8, 4) is 5.75 Å². The van der Waals surface area contributed by atoms with E-state index in [-0.39, 0.29) is 18.2 Å². The number of aliphatic carboxylic acids is 1. The molecule has 5 rings (SSSR count). The zero-order chi connectivity index (χ0) is 33.3. The first-order chi connectivity index (χ1) is 22.7. The largest absolute Gasteiger partial charge is 0.489 e. The van der Waals surface area contributed by atoms with E-state index in [0.717, 1.165) is 56.2 Å². The summed E-state index contributed by atoms with van der Waals surface area (Å²) in [5, 5.41) is 9.25. The van der Waals surface area contributed by atoms with Gasteiger partial charge < -0.3 is 14.7 Å². The molecule has 3 aromatic rings. The number of nitrogens with zero attached hydrogens (tertiary/aromatic N) is 3. The number of benzene rings is 3. The minimum absolute atomic E-state index is 0.00904. The van der Waals surface area contributed by atoms with Crippen LogP contribution in [0.1, 0.15) is 73.7 Å². The maximum atomic E-state index is 16.2. The van der Waals surface area contributed by atoms with Crippen molar-refractivity contribution in [1.82, 2.24) is 9.80 Å². The number of fused-ring (bicyclic) bond motifs is 1. The van der Waals surface area contributed by atoms with Gasteiger partial charge in [-0.2, -0.15) is 0 Å². The van der Waals surface area contributed by atoms with Gasteiger partial charge in [0.2, 0.25) is 0 Å². The Morgan fingerprint density at radius 3 is 2.19 bits per heavy atom. The highest BCUT2D eigenvalue weighted by Crippen LogP contribution is 2.42. The van der Waals surface area contributed by atoms with Gasteiger partial charge in [0, 0.05) is 30.4 Å². The van der Waals surface area contributed by atoms with E-state index >= 15 is 8.78 Å². The Morgan fingerprint density at radius 1 is 0.894 bits per heavy atom. The van der Waals surface area contributed by atoms with Crippen molar-refractivity contribution in [2.75, 3.05) is 44.2 Å². The fraction of sp³-hybridized carbons (Fsp3) is 0.486. The molecule has 1 unspecified atom stereocenters. The minimum atomic E-state index is -2.67. The van der Waals surface area contributed by atoms with Crippen molar-refractivity contribution in [2.24, 2.45) is 0 Å². The molecule has 0 bridgehead atoms. The summed E-state index contributed by atoms with van der Waals surface area (Å²) >= 11 is 0. The molecule has 2 atom stereocenters. The SMILES string of the molecule is C[C@@H]1Cc2cc(OCc3ccccc3)ccc2C(c2c(F)cc(N3CCCCCCN(CC(=O)O)CCCC3)cc2F)N1CC(F)F. The summed E-state index contributed by atoms with van der Waals surface area (Å²) in [6.07, 6.45) is 2.90. The number of hydrogen-bond acceptors (Lipinski definition) is 5. The molecule has 2 aliphatic heterocycles. The summed E-state index contributed by atoms with van der Waals surface area (Å²) in [6.45, 7) is 4.20. The lowest BCUT2D eigenvalue weighted by molar-refractivity contribution is -0.138. The van der Waals surface area contributed by atoms with E-state index in [4.69, 9.17) is 4.74 Å². The second-order valence-electron chi connectivity index (χ2n) is 12.8. The van der Waals surface area contributed by atoms with Gasteiger partial charge in [0.05, 0.1) is 19.1 Å². The lowest BCUT2D eigenvalue weighted by atomic mass is 9.84. The van der Waals surface area contributed by atoms with Gasteiger partial charge in [-0.3, -0.25) is 14.6 Å². The number of rotatable bonds is 9. The number of anilines is 1. The van der Waals surface area contributed by atoms with Crippen molar-refractivity contribution in [2.45, 2.75) is 77.0 Å². The highest BCUT2D eigenvalue weighted by molar-refractivity contribution is 5.69. The van der Waals surface area contributed by atoms with Gasteiger partial charge in [0.25, 0.3) is 6.43 Å². The number of carboxylic acids is 1. The van der Waals surface area contributed by atoms with Crippen LogP contribution in [0.4, 0.5) is 23.2 Å². The summed E-state index contributed by atoms with van der Waals surface area (Å²) in [5.41, 5.74) is 2.62. The highest BCUT2D eigenvalue weighted by atomic mass is 19.3. The Labute approximate surface area is 274 Å². The molecule has 0 spiro atoms. The molecule has 2 heterocycles. The van der Waals surface area contributed by atoms with Gasteiger partial charge in [0.1, 0.15) is 24.0 Å². The van der Waals surface area contributed by atoms with Crippen LogP contribution < -0.4 is 9.64 Å². The zero-order valence-corrected chi connectivity index (χ0v) is 27.0. The smallest absolute Gasteiger partial charge is 0.317 e. The summed E-state index contributed by atoms with van der Waals surface area (Å²) < 4.78 is 66.2. The molecular formula is C37H45F4N3O3. The maximum absolute atomic E-state index is 16.2. The van der Waals surface area contributed by atoms with E-state index in [1.165, 1.54) is 17.0 Å². The Balaban J connectivity index is 1.40. The van der Waals surface area contributed by atoms with Crippen LogP contribution in [-0.2, 0) is 17.8 Å². The van der Waals surface area contributed by atoms with Crippen LogP contribution in [-0.4, -0.2) is 72.6 Å². The van der Waals surface area contributed by atoms with Crippen LogP contribution in [0.2, 0.25) is 0 Å². The summed E-state index contributed by atoms with van der Waals surface area (Å²) in [5.74, 6) is -1.75. The van der Waals surface area contributed by atoms with E-state index in [1.807, 2.05) is 53.1 Å². The second-order valence-corrected chi connectivity index (χ2v) is 12.8. The fourth-order valence-corrected chi connectivity index (χ4v) is 6.97. The number of halogens is 4. The van der Waals surface area contributed by atoms with Gasteiger partial charge in [-0.25, -0.2) is 17.6 Å². The standard InChI is InChI=1S/C37H45F4N3O3/c1-26-19-28-20-30(47-25-27-11-5-4-6-12-27)13-14-31(28)37(44(26)23-34(40)41)36-32(38)21-29(22-33(36)39)43-17-8-3-2-7-15-42(24-35(45)46)16-9-10-18-43/h4-6,11-14,20-22,26,34,37H,2-3,7-10,15-19,23-25H2,1H3,(H,45,46)/t26-,37?/m1/s1. The number of ether oxygens (including phenoxy) is 1. The van der Waals surface area contributed by atoms with Crippen LogP contribution in [0, 0.1) is 11.6 Å². The van der Waals surface area contributed by atoms with Crippen molar-refractivity contribution in [3.05, 3.63) is 94.6 Å². The van der Waals surface area contributed by atoms with Crippen LogP contribution in [0.25, 0.3) is 0 Å². The minimum Gasteiger partial charge on any atom is -0.489 e. The lowest BCUT2D eigenvalue weighted by Gasteiger charge is -2.42. The predicted molar refractivity (Wildman–Crippen MR) is 175 cm³/mol. The van der Waals surface area contributed by atoms with Crippen molar-refractivity contribution >= 4 is 11.7 Å². The summed E-state index contributed by atoms with van der Waals surface area (Å²) in [4.78, 5) is 16.7. The van der Waals surface area contributed by atoms with Crippen LogP contribution in [0.5, 0.6) is 5.75 Å². The van der Waals surface area contributed by atoms with E-state index < -0.39 is 36.6 Å². The molecule has 10 heteroatoms. The third-order valence-electron chi connectivity index (χ3n) is 9.29. The van der Waals surface area contributed by atoms with E-state index in [1.54, 1.807) is 12.1 Å². The average molecular weight is 656 g/mol. The molecule has 47 heavy (non-hydrogen) atoms. The molecule has 3 aromatic carbocycles. The van der Waals surface area contributed by atoms with Crippen LogP contribution in [0.3, 0.4) is 0 Å². The topological polar surface area (TPSA) is 56.3 Å². The van der Waals surface area contributed by atoms with Gasteiger partial charge in [-0.15, -0.1) is 0 Å². The second kappa shape index (κ2) is 16.5. The molecule has 1 N–H and O–H groups in total. The van der Waals surface area contributed by atoms with Gasteiger partial charge in [-0.1, -0.05) is 49.2 Å². The van der Waals surface area contributed by atoms with E-state index in [9.17, 15) is 18.7 Å². The molecule has 0 aromatic heterocycles. The van der Waals surface area contributed by atoms with Gasteiger partial charge in [-0.05, 0) is 93.1 Å². The van der Waals surface area contributed by atoms with Crippen molar-refractivity contribution in [1.29, 1.82) is 0 Å². The van der Waals surface area contributed by atoms with E-state index in [0.29, 0.717) is 49.7 Å². The number of carboxylic acid groups (broad SMARTS) is 1. The monoisotopic (exact) mass is 655 g/mol. The first-order valence-electron chi connectivity index (χ1n) is 16.7. The Morgan fingerprint density at radius 2 is 1.53 bits per heavy atom. The molecular weight excluding hydrogens is 610 g/mol. The molecule has 0 radical (unpaired) electrons. The summed E-state index contributed by atoms with van der Waals surface area (Å²) in [6, 6.07) is 16.3. The molecule has 0 aliphatic carbocycles. The molecule has 2 aliphatic rings. The third-order valence-corrected chi connectivity index (χ3v) is 9.29. The maximum Gasteiger partial charge on any atom is 0.317 e. The number of carbonyl (C=O) groups is 1. The first kappa shape index (κ1) is 34.7. The number of hydrogen-bond donors (Lipinski definition) is 1. The lowest BCUT2D eigenvalue weighted by Crippen LogP contribution is -2.45. The van der Waals surface area contributed by atoms with Gasteiger partial charge >= 0.3 is 5.97 Å². The Kier molecular flexibility index (Phi) is 12.2. The van der Waals surface area contributed by atoms with Crippen LogP contribution >= 0.6 is 0 Å². The zero-order valence-electron chi connectivity index (χ0n) is 27.0. The third kappa shape index (κ3) is 9.26. The van der Waals surface area contributed by atoms with E-state index in [2.05, 4.69) is 0 Å². The average Bonchev–Trinajstić information content (AvgIpc) is 3.02.